The number of nitrogens with one attached hydrogen (secondary N) is 2. The van der Waals surface area contributed by atoms with Crippen LogP contribution in [0, 0.1) is 6.92 Å². The molecule has 0 unspecified atom stereocenters. The fourth-order valence-corrected chi connectivity index (χ4v) is 2.63. The van der Waals surface area contributed by atoms with Crippen molar-refractivity contribution in [1.29, 1.82) is 0 Å². The second-order valence-corrected chi connectivity index (χ2v) is 6.40. The predicted octanol–water partition coefficient (Wildman–Crippen LogP) is 1.30. The second-order valence-electron chi connectivity index (χ2n) is 6.40. The molecule has 1 aromatic rings. The van der Waals surface area contributed by atoms with Gasteiger partial charge in [-0.05, 0) is 26.3 Å². The summed E-state index contributed by atoms with van der Waals surface area (Å²) in [7, 11) is 1.97. The van der Waals surface area contributed by atoms with Crippen LogP contribution in [-0.2, 0) is 18.3 Å². The van der Waals surface area contributed by atoms with Crippen molar-refractivity contribution < 1.29 is 4.74 Å². The van der Waals surface area contributed by atoms with E-state index in [0.717, 1.165) is 76.4 Å². The molecule has 26 heavy (non-hydrogen) atoms. The Morgan fingerprint density at radius 2 is 1.85 bits per heavy atom. The number of ether oxygens (including phenoxy) is 1. The smallest absolute Gasteiger partial charge is 0.191 e. The Kier molecular flexibility index (Phi) is 11.8. The van der Waals surface area contributed by atoms with Crippen molar-refractivity contribution in [2.45, 2.75) is 39.7 Å². The Morgan fingerprint density at radius 1 is 1.15 bits per heavy atom. The maximum absolute atomic E-state index is 5.39. The number of rotatable bonds is 9. The van der Waals surface area contributed by atoms with E-state index in [1.807, 2.05) is 18.5 Å². The molecule has 0 radical (unpaired) electrons. The summed E-state index contributed by atoms with van der Waals surface area (Å²) in [6.45, 7) is 11.4. The van der Waals surface area contributed by atoms with Crippen molar-refractivity contribution in [2.24, 2.45) is 12.0 Å². The van der Waals surface area contributed by atoms with Crippen molar-refractivity contribution >= 4 is 29.9 Å². The molecular formula is C17H34IN7O. The first kappa shape index (κ1) is 23.1. The van der Waals surface area contributed by atoms with Crippen molar-refractivity contribution in [3.8, 4) is 0 Å². The number of guanidine groups is 1. The van der Waals surface area contributed by atoms with Crippen LogP contribution in [-0.4, -0.2) is 71.6 Å². The SMILES string of the molecule is CCCCNC(=NCc1nnc(C)n1C)NCCCN1CCOCC1.I. The number of hydrogen-bond donors (Lipinski definition) is 2. The van der Waals surface area contributed by atoms with Gasteiger partial charge < -0.3 is 19.9 Å². The Morgan fingerprint density at radius 3 is 2.46 bits per heavy atom. The Bertz CT molecular complexity index is 529. The van der Waals surface area contributed by atoms with Gasteiger partial charge in [0.1, 0.15) is 12.4 Å². The fraction of sp³-hybridized carbons (Fsp3) is 0.824. The largest absolute Gasteiger partial charge is 0.379 e. The van der Waals surface area contributed by atoms with Gasteiger partial charge >= 0.3 is 0 Å². The minimum absolute atomic E-state index is 0. The van der Waals surface area contributed by atoms with Gasteiger partial charge in [-0.15, -0.1) is 34.2 Å². The molecular weight excluding hydrogens is 445 g/mol. The highest BCUT2D eigenvalue weighted by molar-refractivity contribution is 14.0. The van der Waals surface area contributed by atoms with Crippen LogP contribution < -0.4 is 10.6 Å². The highest BCUT2D eigenvalue weighted by Crippen LogP contribution is 2.00. The van der Waals surface area contributed by atoms with Crippen molar-refractivity contribution in [1.82, 2.24) is 30.3 Å². The third kappa shape index (κ3) is 8.17. The number of aliphatic imine (C=N–C) groups is 1. The first-order chi connectivity index (χ1) is 12.2. The average Bonchev–Trinajstić information content (AvgIpc) is 2.95. The number of aryl methyl sites for hydroxylation is 1. The Labute approximate surface area is 174 Å². The fourth-order valence-electron chi connectivity index (χ4n) is 2.63. The molecule has 1 saturated heterocycles. The summed E-state index contributed by atoms with van der Waals surface area (Å²) in [5.41, 5.74) is 0. The van der Waals surface area contributed by atoms with E-state index >= 15 is 0 Å². The third-order valence-electron chi connectivity index (χ3n) is 4.43. The van der Waals surface area contributed by atoms with Crippen LogP contribution in [0.15, 0.2) is 4.99 Å². The second kappa shape index (κ2) is 13.3. The van der Waals surface area contributed by atoms with Crippen LogP contribution in [0.25, 0.3) is 0 Å². The van der Waals surface area contributed by atoms with E-state index in [1.165, 1.54) is 6.42 Å². The normalized spacial score (nSPS) is 15.6. The molecule has 0 saturated carbocycles. The quantitative estimate of drug-likeness (QED) is 0.241. The van der Waals surface area contributed by atoms with Crippen LogP contribution in [0.4, 0.5) is 0 Å². The predicted molar refractivity (Wildman–Crippen MR) is 115 cm³/mol. The molecule has 0 atom stereocenters. The molecule has 1 aliphatic rings. The molecule has 150 valence electrons. The summed E-state index contributed by atoms with van der Waals surface area (Å²) in [6, 6.07) is 0. The lowest BCUT2D eigenvalue weighted by Crippen LogP contribution is -2.41. The Balaban J connectivity index is 0.00000338. The van der Waals surface area contributed by atoms with E-state index in [0.29, 0.717) is 6.54 Å². The molecule has 0 aliphatic carbocycles. The van der Waals surface area contributed by atoms with Gasteiger partial charge in [-0.1, -0.05) is 13.3 Å². The van der Waals surface area contributed by atoms with Crippen molar-refractivity contribution in [3.05, 3.63) is 11.6 Å². The molecule has 1 aromatic heterocycles. The van der Waals surface area contributed by atoms with Crippen molar-refractivity contribution in [2.75, 3.05) is 45.9 Å². The molecule has 2 N–H and O–H groups in total. The molecule has 0 bridgehead atoms. The molecule has 2 heterocycles. The summed E-state index contributed by atoms with van der Waals surface area (Å²) in [6.07, 6.45) is 3.40. The molecule has 0 spiro atoms. The maximum atomic E-state index is 5.39. The van der Waals surface area contributed by atoms with E-state index in [4.69, 9.17) is 4.74 Å². The molecule has 0 amide bonds. The van der Waals surface area contributed by atoms with Crippen LogP contribution in [0.3, 0.4) is 0 Å². The summed E-state index contributed by atoms with van der Waals surface area (Å²) in [5.74, 6) is 2.64. The van der Waals surface area contributed by atoms with Gasteiger partial charge in [0, 0.05) is 33.2 Å². The van der Waals surface area contributed by atoms with Gasteiger partial charge in [0.25, 0.3) is 0 Å². The third-order valence-corrected chi connectivity index (χ3v) is 4.43. The number of morpholine rings is 1. The topological polar surface area (TPSA) is 79.6 Å². The number of hydrogen-bond acceptors (Lipinski definition) is 5. The van der Waals surface area contributed by atoms with E-state index in [9.17, 15) is 0 Å². The minimum Gasteiger partial charge on any atom is -0.379 e. The van der Waals surface area contributed by atoms with Gasteiger partial charge in [0.15, 0.2) is 11.8 Å². The lowest BCUT2D eigenvalue weighted by atomic mass is 10.3. The van der Waals surface area contributed by atoms with Gasteiger partial charge in [-0.3, -0.25) is 4.90 Å². The summed E-state index contributed by atoms with van der Waals surface area (Å²) in [5, 5.41) is 15.1. The first-order valence-corrected chi connectivity index (χ1v) is 9.38. The Hall–Kier alpha value is -0.940. The van der Waals surface area contributed by atoms with Gasteiger partial charge in [0.2, 0.25) is 0 Å². The zero-order valence-corrected chi connectivity index (χ0v) is 18.7. The van der Waals surface area contributed by atoms with Gasteiger partial charge in [-0.25, -0.2) is 4.99 Å². The molecule has 9 heteroatoms. The van der Waals surface area contributed by atoms with E-state index in [-0.39, 0.29) is 24.0 Å². The highest BCUT2D eigenvalue weighted by Gasteiger charge is 2.09. The lowest BCUT2D eigenvalue weighted by molar-refractivity contribution is 0.0376. The van der Waals surface area contributed by atoms with Crippen molar-refractivity contribution in [3.63, 3.8) is 0 Å². The van der Waals surface area contributed by atoms with Crippen LogP contribution in [0.1, 0.15) is 37.8 Å². The van der Waals surface area contributed by atoms with E-state index in [2.05, 4.69) is 37.6 Å². The van der Waals surface area contributed by atoms with E-state index in [1.54, 1.807) is 0 Å². The summed E-state index contributed by atoms with van der Waals surface area (Å²) < 4.78 is 7.36. The first-order valence-electron chi connectivity index (χ1n) is 9.38. The van der Waals surface area contributed by atoms with Crippen LogP contribution >= 0.6 is 24.0 Å². The highest BCUT2D eigenvalue weighted by atomic mass is 127. The molecule has 1 aliphatic heterocycles. The zero-order valence-electron chi connectivity index (χ0n) is 16.3. The molecule has 2 rings (SSSR count). The lowest BCUT2D eigenvalue weighted by Gasteiger charge is -2.26. The maximum Gasteiger partial charge on any atom is 0.191 e. The number of unbranched alkanes of at least 4 members (excludes halogenated alkanes) is 1. The monoisotopic (exact) mass is 479 g/mol. The molecule has 8 nitrogen and oxygen atoms in total. The summed E-state index contributed by atoms with van der Waals surface area (Å²) >= 11 is 0. The zero-order chi connectivity index (χ0) is 17.9. The number of nitrogens with zero attached hydrogens (tertiary/aromatic N) is 5. The van der Waals surface area contributed by atoms with Crippen LogP contribution in [0.2, 0.25) is 0 Å². The summed E-state index contributed by atoms with van der Waals surface area (Å²) in [4.78, 5) is 7.11. The minimum atomic E-state index is 0. The van der Waals surface area contributed by atoms with E-state index < -0.39 is 0 Å². The number of aromatic nitrogens is 3. The number of halogens is 1. The van der Waals surface area contributed by atoms with Crippen LogP contribution in [0.5, 0.6) is 0 Å². The average molecular weight is 479 g/mol. The van der Waals surface area contributed by atoms with Gasteiger partial charge in [-0.2, -0.15) is 0 Å². The molecule has 1 fully saturated rings. The standard InChI is InChI=1S/C17H33N7O.HI/c1-4-5-7-18-17(20-14-16-22-21-15(2)23(16)3)19-8-6-9-24-10-12-25-13-11-24;/h4-14H2,1-3H3,(H2,18,19,20);1H. The molecule has 0 aromatic carbocycles. The van der Waals surface area contributed by atoms with Gasteiger partial charge in [0.05, 0.1) is 13.2 Å².